The molecule has 7 heteroatoms. The van der Waals surface area contributed by atoms with Crippen molar-refractivity contribution < 1.29 is 9.13 Å². The van der Waals surface area contributed by atoms with E-state index in [9.17, 15) is 4.39 Å². The van der Waals surface area contributed by atoms with Gasteiger partial charge in [-0.25, -0.2) is 9.37 Å². The molecule has 0 fully saturated rings. The molecule has 0 atom stereocenters. The quantitative estimate of drug-likeness (QED) is 0.789. The predicted octanol–water partition coefficient (Wildman–Crippen LogP) is 3.70. The van der Waals surface area contributed by atoms with Crippen LogP contribution in [-0.2, 0) is 0 Å². The standard InChI is InChI=1S/C11H4BrClFN3O/c12-8-5-16-11(13)17-10(8)18-7-2-1-6(4-15)9(14)3-7/h1-3,5H. The highest BCUT2D eigenvalue weighted by molar-refractivity contribution is 9.10. The lowest BCUT2D eigenvalue weighted by Crippen LogP contribution is -1.93. The largest absolute Gasteiger partial charge is 0.438 e. The summed E-state index contributed by atoms with van der Waals surface area (Å²) in [4.78, 5) is 7.57. The normalized spacial score (nSPS) is 9.89. The third kappa shape index (κ3) is 2.75. The SMILES string of the molecule is N#Cc1ccc(Oc2nc(Cl)ncc2Br)cc1F. The second kappa shape index (κ2) is 5.29. The molecule has 0 radical (unpaired) electrons. The zero-order chi connectivity index (χ0) is 13.1. The molecule has 90 valence electrons. The van der Waals surface area contributed by atoms with Crippen molar-refractivity contribution in [3.05, 3.63) is 45.5 Å². The molecule has 0 aliphatic rings. The fraction of sp³-hybridized carbons (Fsp3) is 0. The van der Waals surface area contributed by atoms with E-state index in [1.165, 1.54) is 18.3 Å². The van der Waals surface area contributed by atoms with E-state index in [0.717, 1.165) is 6.07 Å². The van der Waals surface area contributed by atoms with Crippen LogP contribution in [0, 0.1) is 17.1 Å². The van der Waals surface area contributed by atoms with E-state index in [4.69, 9.17) is 21.6 Å². The average molecular weight is 329 g/mol. The van der Waals surface area contributed by atoms with Crippen molar-refractivity contribution in [2.75, 3.05) is 0 Å². The number of hydrogen-bond acceptors (Lipinski definition) is 4. The molecular weight excluding hydrogens is 324 g/mol. The molecule has 2 rings (SSSR count). The number of halogens is 3. The fourth-order valence-corrected chi connectivity index (χ4v) is 1.56. The number of rotatable bonds is 2. The maximum Gasteiger partial charge on any atom is 0.237 e. The third-order valence-corrected chi connectivity index (χ3v) is 2.68. The van der Waals surface area contributed by atoms with E-state index in [1.54, 1.807) is 6.07 Å². The molecular formula is C11H4BrClFN3O. The molecule has 0 N–H and O–H groups in total. The third-order valence-electron chi connectivity index (χ3n) is 1.96. The van der Waals surface area contributed by atoms with Crippen LogP contribution in [-0.4, -0.2) is 9.97 Å². The van der Waals surface area contributed by atoms with E-state index < -0.39 is 5.82 Å². The molecule has 4 nitrogen and oxygen atoms in total. The minimum Gasteiger partial charge on any atom is -0.438 e. The van der Waals surface area contributed by atoms with Crippen molar-refractivity contribution in [1.82, 2.24) is 9.97 Å². The highest BCUT2D eigenvalue weighted by atomic mass is 79.9. The molecule has 1 aromatic carbocycles. The Hall–Kier alpha value is -1.71. The van der Waals surface area contributed by atoms with Gasteiger partial charge in [-0.1, -0.05) is 0 Å². The van der Waals surface area contributed by atoms with Crippen molar-refractivity contribution in [3.8, 4) is 17.7 Å². The molecule has 0 unspecified atom stereocenters. The molecule has 0 saturated heterocycles. The summed E-state index contributed by atoms with van der Waals surface area (Å²) in [5, 5.41) is 8.62. The Kier molecular flexibility index (Phi) is 3.75. The van der Waals surface area contributed by atoms with Gasteiger partial charge in [0.1, 0.15) is 17.6 Å². The number of nitriles is 1. The van der Waals surface area contributed by atoms with Gasteiger partial charge in [-0.3, -0.25) is 0 Å². The van der Waals surface area contributed by atoms with Crippen LogP contribution in [0.3, 0.4) is 0 Å². The summed E-state index contributed by atoms with van der Waals surface area (Å²) in [7, 11) is 0. The van der Waals surface area contributed by atoms with E-state index in [0.29, 0.717) is 4.47 Å². The molecule has 1 heterocycles. The van der Waals surface area contributed by atoms with Gasteiger partial charge in [-0.15, -0.1) is 0 Å². The summed E-state index contributed by atoms with van der Waals surface area (Å²) >= 11 is 8.80. The minimum atomic E-state index is -0.661. The van der Waals surface area contributed by atoms with Crippen LogP contribution >= 0.6 is 27.5 Å². The van der Waals surface area contributed by atoms with Crippen molar-refractivity contribution in [3.63, 3.8) is 0 Å². The molecule has 2 aromatic rings. The van der Waals surface area contributed by atoms with Crippen LogP contribution in [0.2, 0.25) is 5.28 Å². The number of nitrogens with zero attached hydrogens (tertiary/aromatic N) is 3. The van der Waals surface area contributed by atoms with Gasteiger partial charge in [0.2, 0.25) is 11.2 Å². The zero-order valence-electron chi connectivity index (χ0n) is 8.69. The summed E-state index contributed by atoms with van der Waals surface area (Å²) in [5.74, 6) is -0.285. The van der Waals surface area contributed by atoms with Crippen molar-refractivity contribution in [1.29, 1.82) is 5.26 Å². The Morgan fingerprint density at radius 1 is 1.44 bits per heavy atom. The van der Waals surface area contributed by atoms with Crippen LogP contribution in [0.1, 0.15) is 5.56 Å². The highest BCUT2D eigenvalue weighted by Gasteiger charge is 2.09. The molecule has 0 bridgehead atoms. The van der Waals surface area contributed by atoms with Gasteiger partial charge in [0.15, 0.2) is 0 Å². The number of benzene rings is 1. The Balaban J connectivity index is 2.32. The smallest absolute Gasteiger partial charge is 0.237 e. The van der Waals surface area contributed by atoms with Crippen LogP contribution in [0.5, 0.6) is 11.6 Å². The molecule has 18 heavy (non-hydrogen) atoms. The topological polar surface area (TPSA) is 58.8 Å². The second-order valence-corrected chi connectivity index (χ2v) is 4.34. The maximum atomic E-state index is 13.4. The molecule has 0 amide bonds. The second-order valence-electron chi connectivity index (χ2n) is 3.15. The monoisotopic (exact) mass is 327 g/mol. The first kappa shape index (κ1) is 12.7. The predicted molar refractivity (Wildman–Crippen MR) is 65.9 cm³/mol. The van der Waals surface area contributed by atoms with Crippen molar-refractivity contribution in [2.45, 2.75) is 0 Å². The van der Waals surface area contributed by atoms with Crippen LogP contribution in [0.15, 0.2) is 28.9 Å². The van der Waals surface area contributed by atoms with E-state index in [1.807, 2.05) is 0 Å². The highest BCUT2D eigenvalue weighted by Crippen LogP contribution is 2.28. The summed E-state index contributed by atoms with van der Waals surface area (Å²) in [5.41, 5.74) is -0.0536. The van der Waals surface area contributed by atoms with Crippen LogP contribution in [0.4, 0.5) is 4.39 Å². The van der Waals surface area contributed by atoms with Gasteiger partial charge < -0.3 is 4.74 Å². The molecule has 0 saturated carbocycles. The minimum absolute atomic E-state index is 0.0160. The molecule has 0 spiro atoms. The van der Waals surface area contributed by atoms with Crippen molar-refractivity contribution in [2.24, 2.45) is 0 Å². The van der Waals surface area contributed by atoms with E-state index in [2.05, 4.69) is 25.9 Å². The molecule has 0 aliphatic heterocycles. The first-order valence-electron chi connectivity index (χ1n) is 4.65. The fourth-order valence-electron chi connectivity index (χ4n) is 1.16. The number of ether oxygens (including phenoxy) is 1. The maximum absolute atomic E-state index is 13.4. The lowest BCUT2D eigenvalue weighted by molar-refractivity contribution is 0.453. The number of hydrogen-bond donors (Lipinski definition) is 0. The van der Waals surface area contributed by atoms with Gasteiger partial charge in [0.05, 0.1) is 10.0 Å². The van der Waals surface area contributed by atoms with Crippen LogP contribution < -0.4 is 4.74 Å². The number of aromatic nitrogens is 2. The molecule has 0 aliphatic carbocycles. The summed E-state index contributed by atoms with van der Waals surface area (Å²) < 4.78 is 19.2. The zero-order valence-corrected chi connectivity index (χ0v) is 11.0. The molecule has 1 aromatic heterocycles. The van der Waals surface area contributed by atoms with E-state index >= 15 is 0 Å². The van der Waals surface area contributed by atoms with Gasteiger partial charge in [0.25, 0.3) is 0 Å². The first-order chi connectivity index (χ1) is 8.60. The van der Waals surface area contributed by atoms with Gasteiger partial charge in [-0.05, 0) is 39.7 Å². The van der Waals surface area contributed by atoms with E-state index in [-0.39, 0.29) is 22.5 Å². The van der Waals surface area contributed by atoms with Crippen LogP contribution in [0.25, 0.3) is 0 Å². The van der Waals surface area contributed by atoms with Gasteiger partial charge in [-0.2, -0.15) is 10.2 Å². The van der Waals surface area contributed by atoms with Gasteiger partial charge in [0, 0.05) is 12.3 Å². The lowest BCUT2D eigenvalue weighted by atomic mass is 10.2. The first-order valence-corrected chi connectivity index (χ1v) is 5.83. The van der Waals surface area contributed by atoms with Crippen molar-refractivity contribution >= 4 is 27.5 Å². The summed E-state index contributed by atoms with van der Waals surface area (Å²) in [6.45, 7) is 0. The Morgan fingerprint density at radius 2 is 2.22 bits per heavy atom. The Bertz CT molecular complexity index is 645. The Labute approximate surface area is 115 Å². The lowest BCUT2D eigenvalue weighted by Gasteiger charge is -2.06. The van der Waals surface area contributed by atoms with Gasteiger partial charge >= 0.3 is 0 Å². The summed E-state index contributed by atoms with van der Waals surface area (Å²) in [6, 6.07) is 5.60. The summed E-state index contributed by atoms with van der Waals surface area (Å²) in [6.07, 6.45) is 1.42. The average Bonchev–Trinajstić information content (AvgIpc) is 2.34. The Morgan fingerprint density at radius 3 is 2.89 bits per heavy atom.